The van der Waals surface area contributed by atoms with Crippen LogP contribution in [0.2, 0.25) is 0 Å². The number of rotatable bonds is 2. The van der Waals surface area contributed by atoms with E-state index in [1.165, 1.54) is 6.07 Å². The van der Waals surface area contributed by atoms with Crippen molar-refractivity contribution in [2.45, 2.75) is 6.10 Å². The Bertz CT molecular complexity index is 402. The minimum atomic E-state index is -0.261. The van der Waals surface area contributed by atoms with E-state index >= 15 is 0 Å². The van der Waals surface area contributed by atoms with E-state index in [1.54, 1.807) is 18.2 Å². The van der Waals surface area contributed by atoms with Gasteiger partial charge in [-0.2, -0.15) is 5.26 Å². The molecule has 1 fully saturated rings. The minimum Gasteiger partial charge on any atom is -0.371 e. The molecule has 1 saturated heterocycles. The van der Waals surface area contributed by atoms with Crippen molar-refractivity contribution in [3.63, 3.8) is 0 Å². The van der Waals surface area contributed by atoms with Crippen molar-refractivity contribution >= 4 is 0 Å². The van der Waals surface area contributed by atoms with Crippen LogP contribution >= 0.6 is 0 Å². The van der Waals surface area contributed by atoms with Crippen molar-refractivity contribution in [2.24, 2.45) is 0 Å². The van der Waals surface area contributed by atoms with E-state index in [-0.39, 0.29) is 11.9 Å². The van der Waals surface area contributed by atoms with E-state index in [0.29, 0.717) is 25.3 Å². The molecule has 3 nitrogen and oxygen atoms in total. The lowest BCUT2D eigenvalue weighted by molar-refractivity contribution is -0.0271. The van der Waals surface area contributed by atoms with Crippen molar-refractivity contribution in [2.75, 3.05) is 26.2 Å². The van der Waals surface area contributed by atoms with E-state index in [4.69, 9.17) is 10.00 Å². The van der Waals surface area contributed by atoms with Gasteiger partial charge in [0.2, 0.25) is 0 Å². The van der Waals surface area contributed by atoms with E-state index < -0.39 is 0 Å². The second-order valence-electron chi connectivity index (χ2n) is 3.77. The lowest BCUT2D eigenvalue weighted by Crippen LogP contribution is -2.38. The summed E-state index contributed by atoms with van der Waals surface area (Å²) >= 11 is 0. The van der Waals surface area contributed by atoms with Crippen LogP contribution < -0.4 is 0 Å². The Kier molecular flexibility index (Phi) is 3.50. The highest BCUT2D eigenvalue weighted by molar-refractivity contribution is 5.20. The van der Waals surface area contributed by atoms with Crippen LogP contribution in [0.3, 0.4) is 0 Å². The van der Waals surface area contributed by atoms with Gasteiger partial charge in [0.05, 0.1) is 25.3 Å². The fourth-order valence-corrected chi connectivity index (χ4v) is 1.87. The summed E-state index contributed by atoms with van der Waals surface area (Å²) in [5.41, 5.74) is 0.574. The molecule has 0 bridgehead atoms. The number of hydrogen-bond acceptors (Lipinski definition) is 3. The van der Waals surface area contributed by atoms with Crippen LogP contribution in [0.4, 0.5) is 4.39 Å². The van der Waals surface area contributed by atoms with Gasteiger partial charge in [-0.1, -0.05) is 18.2 Å². The Labute approximate surface area is 94.0 Å². The number of benzene rings is 1. The maximum absolute atomic E-state index is 13.5. The van der Waals surface area contributed by atoms with Crippen molar-refractivity contribution < 1.29 is 9.13 Å². The maximum Gasteiger partial charge on any atom is 0.129 e. The number of nitriles is 1. The maximum atomic E-state index is 13.5. The number of hydrogen-bond donors (Lipinski definition) is 0. The molecular formula is C12H13FN2O. The molecule has 0 aromatic heterocycles. The molecule has 1 aliphatic rings. The molecule has 16 heavy (non-hydrogen) atoms. The lowest BCUT2D eigenvalue weighted by Gasteiger charge is -2.31. The van der Waals surface area contributed by atoms with Crippen molar-refractivity contribution in [1.82, 2.24) is 4.90 Å². The van der Waals surface area contributed by atoms with Crippen LogP contribution in [-0.2, 0) is 4.74 Å². The summed E-state index contributed by atoms with van der Waals surface area (Å²) in [6.07, 6.45) is -0.261. The van der Waals surface area contributed by atoms with Gasteiger partial charge >= 0.3 is 0 Å². The number of nitrogens with zero attached hydrogens (tertiary/aromatic N) is 2. The van der Waals surface area contributed by atoms with Gasteiger partial charge < -0.3 is 4.74 Å². The van der Waals surface area contributed by atoms with Crippen LogP contribution in [0.15, 0.2) is 24.3 Å². The molecule has 4 heteroatoms. The average molecular weight is 220 g/mol. The third-order valence-electron chi connectivity index (χ3n) is 2.70. The van der Waals surface area contributed by atoms with E-state index in [1.807, 2.05) is 4.90 Å². The van der Waals surface area contributed by atoms with Gasteiger partial charge in [-0.15, -0.1) is 0 Å². The molecule has 0 amide bonds. The summed E-state index contributed by atoms with van der Waals surface area (Å²) in [5, 5.41) is 8.62. The summed E-state index contributed by atoms with van der Waals surface area (Å²) in [4.78, 5) is 1.97. The molecule has 0 aliphatic carbocycles. The third kappa shape index (κ3) is 2.38. The van der Waals surface area contributed by atoms with Gasteiger partial charge in [0, 0.05) is 18.7 Å². The van der Waals surface area contributed by atoms with Gasteiger partial charge in [0.1, 0.15) is 5.82 Å². The first-order chi connectivity index (χ1) is 7.81. The zero-order valence-electron chi connectivity index (χ0n) is 8.90. The molecule has 0 radical (unpaired) electrons. The fourth-order valence-electron chi connectivity index (χ4n) is 1.87. The van der Waals surface area contributed by atoms with E-state index in [0.717, 1.165) is 6.54 Å². The molecule has 1 heterocycles. The molecule has 0 saturated carbocycles. The summed E-state index contributed by atoms with van der Waals surface area (Å²) in [6.45, 7) is 2.22. The molecular weight excluding hydrogens is 207 g/mol. The summed E-state index contributed by atoms with van der Waals surface area (Å²) in [6, 6.07) is 8.72. The second-order valence-corrected chi connectivity index (χ2v) is 3.77. The molecule has 1 aromatic carbocycles. The Morgan fingerprint density at radius 3 is 3.06 bits per heavy atom. The average Bonchev–Trinajstić information content (AvgIpc) is 2.30. The lowest BCUT2D eigenvalue weighted by atomic mass is 10.1. The predicted octanol–water partition coefficient (Wildman–Crippen LogP) is 1.72. The zero-order chi connectivity index (χ0) is 11.4. The molecule has 0 spiro atoms. The first-order valence-electron chi connectivity index (χ1n) is 5.26. The standard InChI is InChI=1S/C12H13FN2O/c13-11-4-2-1-3-10(11)12-9-15(6-5-14)7-8-16-12/h1-4,12H,6-9H2/t12-/m0/s1. The Hall–Kier alpha value is -1.44. The summed E-state index contributed by atoms with van der Waals surface area (Å²) in [5.74, 6) is -0.244. The molecule has 84 valence electrons. The highest BCUT2D eigenvalue weighted by Gasteiger charge is 2.23. The molecule has 0 N–H and O–H groups in total. The highest BCUT2D eigenvalue weighted by atomic mass is 19.1. The van der Waals surface area contributed by atoms with Crippen LogP contribution in [0.5, 0.6) is 0 Å². The first-order valence-corrected chi connectivity index (χ1v) is 5.26. The van der Waals surface area contributed by atoms with Gasteiger partial charge in [0.25, 0.3) is 0 Å². The Morgan fingerprint density at radius 1 is 1.50 bits per heavy atom. The molecule has 1 aliphatic heterocycles. The van der Waals surface area contributed by atoms with Crippen molar-refractivity contribution in [1.29, 1.82) is 5.26 Å². The minimum absolute atomic E-state index is 0.244. The molecule has 2 rings (SSSR count). The SMILES string of the molecule is N#CCN1CCO[C@H](c2ccccc2F)C1. The van der Waals surface area contributed by atoms with Gasteiger partial charge in [-0.25, -0.2) is 4.39 Å². The van der Waals surface area contributed by atoms with Gasteiger partial charge in [-0.05, 0) is 6.07 Å². The van der Waals surface area contributed by atoms with Crippen molar-refractivity contribution in [3.8, 4) is 6.07 Å². The van der Waals surface area contributed by atoms with Crippen LogP contribution in [0.1, 0.15) is 11.7 Å². The Balaban J connectivity index is 2.10. The van der Waals surface area contributed by atoms with Crippen LogP contribution in [0, 0.1) is 17.1 Å². The normalized spacial score (nSPS) is 21.6. The van der Waals surface area contributed by atoms with Gasteiger partial charge in [-0.3, -0.25) is 4.90 Å². The predicted molar refractivity (Wildman–Crippen MR) is 57.1 cm³/mol. The largest absolute Gasteiger partial charge is 0.371 e. The van der Waals surface area contributed by atoms with Crippen LogP contribution in [-0.4, -0.2) is 31.1 Å². The highest BCUT2D eigenvalue weighted by Crippen LogP contribution is 2.24. The second kappa shape index (κ2) is 5.06. The smallest absolute Gasteiger partial charge is 0.129 e. The number of ether oxygens (including phenoxy) is 1. The fraction of sp³-hybridized carbons (Fsp3) is 0.417. The Morgan fingerprint density at radius 2 is 2.31 bits per heavy atom. The quantitative estimate of drug-likeness (QED) is 0.712. The summed E-state index contributed by atoms with van der Waals surface area (Å²) in [7, 11) is 0. The molecule has 1 atom stereocenters. The molecule has 0 unspecified atom stereocenters. The van der Waals surface area contributed by atoms with E-state index in [9.17, 15) is 4.39 Å². The monoisotopic (exact) mass is 220 g/mol. The topological polar surface area (TPSA) is 36.3 Å². The van der Waals surface area contributed by atoms with Crippen LogP contribution in [0.25, 0.3) is 0 Å². The summed E-state index contributed by atoms with van der Waals surface area (Å²) < 4.78 is 19.1. The first kappa shape index (κ1) is 11.1. The zero-order valence-corrected chi connectivity index (χ0v) is 8.90. The third-order valence-corrected chi connectivity index (χ3v) is 2.70. The number of halogens is 1. The number of morpholine rings is 1. The molecule has 1 aromatic rings. The van der Waals surface area contributed by atoms with Crippen molar-refractivity contribution in [3.05, 3.63) is 35.6 Å². The van der Waals surface area contributed by atoms with E-state index in [2.05, 4.69) is 6.07 Å². The van der Waals surface area contributed by atoms with Gasteiger partial charge in [0.15, 0.2) is 0 Å².